The Kier molecular flexibility index (Phi) is 2.24. The Hall–Kier alpha value is -0.490. The van der Waals surface area contributed by atoms with E-state index in [1.54, 1.807) is 0 Å². The fraction of sp³-hybridized carbons (Fsp3) is 0. The molecule has 11 heavy (non-hydrogen) atoms. The average Bonchev–Trinajstić information content (AvgIpc) is 1.86. The molecular weight excluding hydrogens is 237 g/mol. The lowest BCUT2D eigenvalue weighted by Crippen LogP contribution is -1.94. The molecule has 0 aromatic carbocycles. The first-order chi connectivity index (χ1) is 5.00. The van der Waals surface area contributed by atoms with Gasteiger partial charge in [0.15, 0.2) is 5.03 Å². The maximum absolute atomic E-state index is 12.2. The van der Waals surface area contributed by atoms with Gasteiger partial charge >= 0.3 is 10.2 Å². The minimum atomic E-state index is -4.67. The normalized spacial score (nSPS) is 11.5. The van der Waals surface area contributed by atoms with Gasteiger partial charge in [-0.15, -0.1) is 0 Å². The van der Waals surface area contributed by atoms with Crippen molar-refractivity contribution in [2.24, 2.45) is 0 Å². The predicted molar refractivity (Wildman–Crippen MR) is 40.2 cm³/mol. The van der Waals surface area contributed by atoms with Crippen molar-refractivity contribution >= 4 is 26.2 Å². The molecule has 0 fully saturated rings. The molecule has 0 spiro atoms. The van der Waals surface area contributed by atoms with Crippen LogP contribution in [-0.2, 0) is 10.2 Å². The second-order valence-corrected chi connectivity index (χ2v) is 3.96. The summed E-state index contributed by atoms with van der Waals surface area (Å²) >= 11 is 2.98. The van der Waals surface area contributed by atoms with Crippen molar-refractivity contribution in [1.82, 2.24) is 4.98 Å². The Morgan fingerprint density at radius 3 is 2.55 bits per heavy atom. The average molecular weight is 240 g/mol. The van der Waals surface area contributed by atoms with Gasteiger partial charge in [0, 0.05) is 10.7 Å². The lowest BCUT2D eigenvalue weighted by atomic mass is 10.5. The second kappa shape index (κ2) is 2.86. The van der Waals surface area contributed by atoms with E-state index in [2.05, 4.69) is 20.9 Å². The minimum Gasteiger partial charge on any atom is -0.242 e. The van der Waals surface area contributed by atoms with Crippen molar-refractivity contribution in [2.45, 2.75) is 5.03 Å². The summed E-state index contributed by atoms with van der Waals surface area (Å²) < 4.78 is 33.1. The number of aromatic nitrogens is 1. The van der Waals surface area contributed by atoms with Crippen LogP contribution < -0.4 is 0 Å². The van der Waals surface area contributed by atoms with E-state index in [-0.39, 0.29) is 0 Å². The first kappa shape index (κ1) is 8.61. The monoisotopic (exact) mass is 239 g/mol. The van der Waals surface area contributed by atoms with Gasteiger partial charge in [0.05, 0.1) is 0 Å². The van der Waals surface area contributed by atoms with Crippen molar-refractivity contribution in [3.05, 3.63) is 22.8 Å². The van der Waals surface area contributed by atoms with Gasteiger partial charge in [-0.05, 0) is 12.1 Å². The first-order valence-electron chi connectivity index (χ1n) is 2.56. The third kappa shape index (κ3) is 2.23. The van der Waals surface area contributed by atoms with Crippen LogP contribution in [0.2, 0.25) is 0 Å². The molecule has 0 radical (unpaired) electrons. The quantitative estimate of drug-likeness (QED) is 0.699. The highest BCUT2D eigenvalue weighted by atomic mass is 79.9. The van der Waals surface area contributed by atoms with Gasteiger partial charge in [-0.25, -0.2) is 4.98 Å². The van der Waals surface area contributed by atoms with Gasteiger partial charge in [-0.3, -0.25) is 0 Å². The number of pyridine rings is 1. The van der Waals surface area contributed by atoms with Crippen LogP contribution in [0.25, 0.3) is 0 Å². The molecule has 1 aromatic rings. The van der Waals surface area contributed by atoms with Crippen LogP contribution in [0.3, 0.4) is 0 Å². The smallest absolute Gasteiger partial charge is 0.242 e. The Morgan fingerprint density at radius 2 is 2.18 bits per heavy atom. The highest BCUT2D eigenvalue weighted by Crippen LogP contribution is 2.14. The molecule has 1 rings (SSSR count). The third-order valence-electron chi connectivity index (χ3n) is 0.947. The fourth-order valence-electron chi connectivity index (χ4n) is 0.519. The van der Waals surface area contributed by atoms with E-state index in [0.717, 1.165) is 6.07 Å². The zero-order valence-electron chi connectivity index (χ0n) is 5.16. The summed E-state index contributed by atoms with van der Waals surface area (Å²) in [7, 11) is -4.67. The van der Waals surface area contributed by atoms with E-state index >= 15 is 0 Å². The highest BCUT2D eigenvalue weighted by Gasteiger charge is 2.12. The van der Waals surface area contributed by atoms with Crippen molar-refractivity contribution in [3.63, 3.8) is 0 Å². The van der Waals surface area contributed by atoms with Gasteiger partial charge in [0.2, 0.25) is 0 Å². The van der Waals surface area contributed by atoms with Gasteiger partial charge in [0.25, 0.3) is 0 Å². The van der Waals surface area contributed by atoms with E-state index in [0.29, 0.717) is 4.47 Å². The van der Waals surface area contributed by atoms with Crippen LogP contribution in [0.1, 0.15) is 0 Å². The molecule has 0 atom stereocenters. The Labute approximate surface area is 71.6 Å². The fourth-order valence-corrected chi connectivity index (χ4v) is 1.46. The van der Waals surface area contributed by atoms with Crippen LogP contribution in [-0.4, -0.2) is 13.4 Å². The molecule has 0 saturated carbocycles. The maximum atomic E-state index is 12.2. The molecule has 60 valence electrons. The third-order valence-corrected chi connectivity index (χ3v) is 2.16. The summed E-state index contributed by atoms with van der Waals surface area (Å²) in [4.78, 5) is 3.32. The molecule has 0 amide bonds. The summed E-state index contributed by atoms with van der Waals surface area (Å²) in [5.41, 5.74) is 0. The molecule has 3 nitrogen and oxygen atoms in total. The number of hydrogen-bond acceptors (Lipinski definition) is 3. The molecule has 0 aliphatic carbocycles. The Morgan fingerprint density at radius 1 is 1.55 bits per heavy atom. The van der Waals surface area contributed by atoms with Crippen molar-refractivity contribution in [2.75, 3.05) is 0 Å². The Bertz CT molecular complexity index is 365. The van der Waals surface area contributed by atoms with Gasteiger partial charge in [-0.1, -0.05) is 19.8 Å². The maximum Gasteiger partial charge on any atom is 0.349 e. The molecule has 1 aromatic heterocycles. The molecule has 6 heteroatoms. The zero-order valence-corrected chi connectivity index (χ0v) is 7.56. The largest absolute Gasteiger partial charge is 0.349 e. The molecule has 0 aliphatic heterocycles. The number of rotatable bonds is 1. The molecular formula is C5H3BrFNO2S. The van der Waals surface area contributed by atoms with Crippen LogP contribution in [0.15, 0.2) is 27.8 Å². The molecule has 0 aliphatic rings. The number of hydrogen-bond donors (Lipinski definition) is 0. The molecule has 0 saturated heterocycles. The van der Waals surface area contributed by atoms with Gasteiger partial charge in [0.1, 0.15) is 0 Å². The van der Waals surface area contributed by atoms with Crippen LogP contribution in [0, 0.1) is 0 Å². The topological polar surface area (TPSA) is 47.0 Å². The lowest BCUT2D eigenvalue weighted by molar-refractivity contribution is 0.547. The first-order valence-corrected chi connectivity index (χ1v) is 4.74. The summed E-state index contributed by atoms with van der Waals surface area (Å²) in [6.45, 7) is 0. The summed E-state index contributed by atoms with van der Waals surface area (Å²) in [5.74, 6) is 0. The van der Waals surface area contributed by atoms with Crippen molar-refractivity contribution < 1.29 is 12.3 Å². The van der Waals surface area contributed by atoms with Crippen LogP contribution >= 0.6 is 15.9 Å². The minimum absolute atomic E-state index is 0.476. The molecule has 0 bridgehead atoms. The molecule has 0 N–H and O–H groups in total. The van der Waals surface area contributed by atoms with Crippen LogP contribution in [0.4, 0.5) is 3.89 Å². The molecule has 1 heterocycles. The SMILES string of the molecule is O=S(=O)(F)c1cc(Br)ccn1. The van der Waals surface area contributed by atoms with E-state index in [1.807, 2.05) is 0 Å². The zero-order chi connectivity index (χ0) is 8.48. The summed E-state index contributed by atoms with van der Waals surface area (Å²) in [6.07, 6.45) is 1.20. The molecule has 0 unspecified atom stereocenters. The van der Waals surface area contributed by atoms with Gasteiger partial charge < -0.3 is 0 Å². The van der Waals surface area contributed by atoms with Crippen LogP contribution in [0.5, 0.6) is 0 Å². The number of halogens is 2. The van der Waals surface area contributed by atoms with E-state index in [4.69, 9.17) is 0 Å². The summed E-state index contributed by atoms with van der Waals surface area (Å²) in [5, 5.41) is -0.577. The Balaban J connectivity index is 3.28. The predicted octanol–water partition coefficient (Wildman–Crippen LogP) is 1.50. The lowest BCUT2D eigenvalue weighted by Gasteiger charge is -1.92. The standard InChI is InChI=1S/C5H3BrFNO2S/c6-4-1-2-8-5(3-4)11(7,9)10/h1-3H. The highest BCUT2D eigenvalue weighted by molar-refractivity contribution is 9.10. The van der Waals surface area contributed by atoms with Crippen molar-refractivity contribution in [3.8, 4) is 0 Å². The van der Waals surface area contributed by atoms with E-state index in [1.165, 1.54) is 12.3 Å². The van der Waals surface area contributed by atoms with E-state index in [9.17, 15) is 12.3 Å². The second-order valence-electron chi connectivity index (χ2n) is 1.75. The van der Waals surface area contributed by atoms with Gasteiger partial charge in [-0.2, -0.15) is 8.42 Å². The number of nitrogens with zero attached hydrogens (tertiary/aromatic N) is 1. The van der Waals surface area contributed by atoms with E-state index < -0.39 is 15.2 Å². The summed E-state index contributed by atoms with van der Waals surface area (Å²) in [6, 6.07) is 2.60. The van der Waals surface area contributed by atoms with Crippen molar-refractivity contribution in [1.29, 1.82) is 0 Å².